The van der Waals surface area contributed by atoms with Gasteiger partial charge in [0.25, 0.3) is 5.91 Å². The first-order valence-corrected chi connectivity index (χ1v) is 13.6. The van der Waals surface area contributed by atoms with Crippen LogP contribution in [0, 0.1) is 0 Å². The molecular formula is C29H27BrN2O3S2. The van der Waals surface area contributed by atoms with Crippen LogP contribution in [0.2, 0.25) is 0 Å². The van der Waals surface area contributed by atoms with Gasteiger partial charge < -0.3 is 14.4 Å². The molecule has 1 aliphatic heterocycles. The Hall–Kier alpha value is -3.07. The largest absolute Gasteiger partial charge is 0.493 e. The Morgan fingerprint density at radius 1 is 1.11 bits per heavy atom. The van der Waals surface area contributed by atoms with E-state index in [4.69, 9.17) is 21.7 Å². The van der Waals surface area contributed by atoms with Gasteiger partial charge in [-0.1, -0.05) is 58.1 Å². The van der Waals surface area contributed by atoms with Gasteiger partial charge in [0, 0.05) is 29.8 Å². The monoisotopic (exact) mass is 594 g/mol. The summed E-state index contributed by atoms with van der Waals surface area (Å²) in [4.78, 5) is 17.5. The van der Waals surface area contributed by atoms with Gasteiger partial charge in [0.15, 0.2) is 15.8 Å². The summed E-state index contributed by atoms with van der Waals surface area (Å²) in [6.45, 7) is 4.30. The smallest absolute Gasteiger partial charge is 0.270 e. The second kappa shape index (κ2) is 12.0. The average Bonchev–Trinajstić information content (AvgIpc) is 3.16. The van der Waals surface area contributed by atoms with E-state index in [1.807, 2.05) is 91.8 Å². The maximum absolute atomic E-state index is 13.3. The standard InChI is InChI=1S/C29H27BrN2O3S2/c1-5-6-21-15-20(16-25(34-4)27(21)35-18-19-7-9-22(30)10-8-19)17-26-28(33)32(29(36)37-26)24-13-11-23(12-14-24)31(2)3/h5,7-17H,1,6,18H2,2-4H3/b26-17-. The summed E-state index contributed by atoms with van der Waals surface area (Å²) in [7, 11) is 5.56. The summed E-state index contributed by atoms with van der Waals surface area (Å²) in [5, 5.41) is 0. The molecule has 1 amide bonds. The van der Waals surface area contributed by atoms with Crippen LogP contribution in [0.1, 0.15) is 16.7 Å². The molecule has 37 heavy (non-hydrogen) atoms. The van der Waals surface area contributed by atoms with Crippen LogP contribution in [-0.4, -0.2) is 31.4 Å². The van der Waals surface area contributed by atoms with Crippen LogP contribution < -0.4 is 19.3 Å². The Balaban J connectivity index is 1.61. The lowest BCUT2D eigenvalue weighted by molar-refractivity contribution is -0.113. The minimum absolute atomic E-state index is 0.146. The first-order valence-electron chi connectivity index (χ1n) is 11.5. The molecule has 0 spiro atoms. The zero-order valence-corrected chi connectivity index (χ0v) is 24.1. The Morgan fingerprint density at radius 3 is 2.43 bits per heavy atom. The van der Waals surface area contributed by atoms with Gasteiger partial charge in [-0.3, -0.25) is 9.69 Å². The summed E-state index contributed by atoms with van der Waals surface area (Å²) in [6, 6.07) is 19.6. The molecule has 3 aromatic rings. The second-order valence-corrected chi connectivity index (χ2v) is 11.1. The third-order valence-electron chi connectivity index (χ3n) is 5.75. The van der Waals surface area contributed by atoms with Crippen LogP contribution >= 0.6 is 39.9 Å². The van der Waals surface area contributed by atoms with E-state index < -0.39 is 0 Å². The minimum Gasteiger partial charge on any atom is -0.493 e. The normalized spacial score (nSPS) is 14.3. The fourth-order valence-corrected chi connectivity index (χ4v) is 5.43. The number of amides is 1. The van der Waals surface area contributed by atoms with E-state index in [0.29, 0.717) is 33.8 Å². The van der Waals surface area contributed by atoms with E-state index in [-0.39, 0.29) is 5.91 Å². The van der Waals surface area contributed by atoms with Crippen molar-refractivity contribution in [3.63, 3.8) is 0 Å². The Bertz CT molecular complexity index is 1350. The quantitative estimate of drug-likeness (QED) is 0.148. The molecule has 1 heterocycles. The highest BCUT2D eigenvalue weighted by Gasteiger charge is 2.33. The van der Waals surface area contributed by atoms with E-state index in [1.54, 1.807) is 12.0 Å². The van der Waals surface area contributed by atoms with E-state index >= 15 is 0 Å². The number of ether oxygens (including phenoxy) is 2. The third kappa shape index (κ3) is 6.26. The van der Waals surface area contributed by atoms with Gasteiger partial charge in [0.1, 0.15) is 6.61 Å². The van der Waals surface area contributed by atoms with Crippen molar-refractivity contribution in [1.82, 2.24) is 0 Å². The molecule has 0 unspecified atom stereocenters. The van der Waals surface area contributed by atoms with Gasteiger partial charge in [-0.2, -0.15) is 0 Å². The van der Waals surface area contributed by atoms with Gasteiger partial charge in [-0.05, 0) is 72.2 Å². The maximum Gasteiger partial charge on any atom is 0.270 e. The lowest BCUT2D eigenvalue weighted by Crippen LogP contribution is -2.27. The second-order valence-electron chi connectivity index (χ2n) is 8.55. The van der Waals surface area contributed by atoms with Crippen LogP contribution in [-0.2, 0) is 17.8 Å². The Labute approximate surface area is 235 Å². The van der Waals surface area contributed by atoms with E-state index in [1.165, 1.54) is 11.8 Å². The van der Waals surface area contributed by atoms with Gasteiger partial charge >= 0.3 is 0 Å². The number of thiocarbonyl (C=S) groups is 1. The van der Waals surface area contributed by atoms with Crippen LogP contribution in [0.5, 0.6) is 11.5 Å². The third-order valence-corrected chi connectivity index (χ3v) is 7.58. The lowest BCUT2D eigenvalue weighted by atomic mass is 10.0. The number of hydrogen-bond donors (Lipinski definition) is 0. The maximum atomic E-state index is 13.3. The molecule has 4 rings (SSSR count). The fraction of sp³-hybridized carbons (Fsp3) is 0.172. The zero-order chi connectivity index (χ0) is 26.5. The Morgan fingerprint density at radius 2 is 1.81 bits per heavy atom. The number of carbonyl (C=O) groups is 1. The number of carbonyl (C=O) groups excluding carboxylic acids is 1. The Kier molecular flexibility index (Phi) is 8.74. The van der Waals surface area contributed by atoms with E-state index in [2.05, 4.69) is 22.5 Å². The number of anilines is 2. The molecule has 0 bridgehead atoms. The molecule has 0 atom stereocenters. The molecule has 0 radical (unpaired) electrons. The fourth-order valence-electron chi connectivity index (χ4n) is 3.87. The van der Waals surface area contributed by atoms with Crippen LogP contribution in [0.25, 0.3) is 6.08 Å². The summed E-state index contributed by atoms with van der Waals surface area (Å²) in [6.07, 6.45) is 4.26. The highest BCUT2D eigenvalue weighted by molar-refractivity contribution is 9.10. The highest BCUT2D eigenvalue weighted by atomic mass is 79.9. The van der Waals surface area contributed by atoms with Gasteiger partial charge in [-0.15, -0.1) is 6.58 Å². The molecule has 1 saturated heterocycles. The lowest BCUT2D eigenvalue weighted by Gasteiger charge is -2.17. The summed E-state index contributed by atoms with van der Waals surface area (Å²) >= 11 is 10.3. The first-order chi connectivity index (χ1) is 17.8. The van der Waals surface area contributed by atoms with Crippen molar-refractivity contribution in [2.75, 3.05) is 31.0 Å². The van der Waals surface area contributed by atoms with Crippen molar-refractivity contribution in [3.05, 3.63) is 99.4 Å². The summed E-state index contributed by atoms with van der Waals surface area (Å²) in [5.74, 6) is 1.11. The molecule has 0 N–H and O–H groups in total. The number of nitrogens with zero attached hydrogens (tertiary/aromatic N) is 2. The first kappa shape index (κ1) is 27.0. The molecule has 1 aliphatic rings. The highest BCUT2D eigenvalue weighted by Crippen LogP contribution is 2.39. The summed E-state index contributed by atoms with van der Waals surface area (Å²) < 4.78 is 13.4. The van der Waals surface area contributed by atoms with Crippen molar-refractivity contribution in [2.45, 2.75) is 13.0 Å². The number of allylic oxidation sites excluding steroid dienone is 1. The molecule has 5 nitrogen and oxygen atoms in total. The van der Waals surface area contributed by atoms with Crippen molar-refractivity contribution in [2.24, 2.45) is 0 Å². The summed E-state index contributed by atoms with van der Waals surface area (Å²) in [5.41, 5.74) is 4.59. The van der Waals surface area contributed by atoms with Gasteiger partial charge in [0.05, 0.1) is 17.7 Å². The molecule has 0 aromatic heterocycles. The van der Waals surface area contributed by atoms with Crippen molar-refractivity contribution in [3.8, 4) is 11.5 Å². The predicted octanol–water partition coefficient (Wildman–Crippen LogP) is 7.24. The number of halogens is 1. The molecule has 3 aromatic carbocycles. The predicted molar refractivity (Wildman–Crippen MR) is 162 cm³/mol. The molecule has 0 aliphatic carbocycles. The number of thioether (sulfide) groups is 1. The van der Waals surface area contributed by atoms with Crippen molar-refractivity contribution >= 4 is 67.6 Å². The van der Waals surface area contributed by atoms with Crippen LogP contribution in [0.15, 0.2) is 82.7 Å². The van der Waals surface area contributed by atoms with Gasteiger partial charge in [-0.25, -0.2) is 0 Å². The number of rotatable bonds is 9. The van der Waals surface area contributed by atoms with Crippen LogP contribution in [0.3, 0.4) is 0 Å². The van der Waals surface area contributed by atoms with Crippen LogP contribution in [0.4, 0.5) is 11.4 Å². The zero-order valence-electron chi connectivity index (χ0n) is 20.9. The molecule has 190 valence electrons. The van der Waals surface area contributed by atoms with E-state index in [0.717, 1.165) is 32.5 Å². The average molecular weight is 596 g/mol. The van der Waals surface area contributed by atoms with Crippen molar-refractivity contribution < 1.29 is 14.3 Å². The van der Waals surface area contributed by atoms with Crippen molar-refractivity contribution in [1.29, 1.82) is 0 Å². The SMILES string of the molecule is C=CCc1cc(/C=C2\SC(=S)N(c3ccc(N(C)C)cc3)C2=O)cc(OC)c1OCc1ccc(Br)cc1. The molecule has 1 fully saturated rings. The van der Waals surface area contributed by atoms with Gasteiger partial charge in [0.2, 0.25) is 0 Å². The topological polar surface area (TPSA) is 42.0 Å². The molecule has 0 saturated carbocycles. The molecule has 8 heteroatoms. The minimum atomic E-state index is -0.146. The number of methoxy groups -OCH3 is 1. The molecular weight excluding hydrogens is 568 g/mol. The number of hydrogen-bond acceptors (Lipinski definition) is 6. The number of benzene rings is 3. The van der Waals surface area contributed by atoms with E-state index in [9.17, 15) is 4.79 Å².